The maximum atomic E-state index is 13.4. The van der Waals surface area contributed by atoms with Gasteiger partial charge in [0.25, 0.3) is 17.5 Å². The number of hydrogen-bond acceptors (Lipinski definition) is 6. The lowest BCUT2D eigenvalue weighted by molar-refractivity contribution is -0.384. The van der Waals surface area contributed by atoms with Gasteiger partial charge in [0.15, 0.2) is 0 Å². The van der Waals surface area contributed by atoms with E-state index in [2.05, 4.69) is 16.0 Å². The number of carbonyl (C=O) groups excluding carboxylic acids is 3. The normalized spacial score (nSPS) is 11.7. The van der Waals surface area contributed by atoms with E-state index in [-0.39, 0.29) is 17.3 Å². The van der Waals surface area contributed by atoms with E-state index in [0.29, 0.717) is 28.9 Å². The van der Waals surface area contributed by atoms with Gasteiger partial charge in [-0.2, -0.15) is 0 Å². The van der Waals surface area contributed by atoms with Crippen molar-refractivity contribution in [3.05, 3.63) is 136 Å². The molecular weight excluding hydrogens is 564 g/mol. The third kappa shape index (κ3) is 8.64. The fourth-order valence-electron chi connectivity index (χ4n) is 4.11. The minimum atomic E-state index is -0.506. The molecule has 3 N–H and O–H groups in total. The van der Waals surface area contributed by atoms with Crippen LogP contribution in [0.5, 0.6) is 0 Å². The van der Waals surface area contributed by atoms with Crippen LogP contribution < -0.4 is 16.0 Å². The molecular formula is C33H30N4O5S. The van der Waals surface area contributed by atoms with Crippen molar-refractivity contribution in [3.8, 4) is 0 Å². The Labute approximate surface area is 253 Å². The predicted octanol–water partition coefficient (Wildman–Crippen LogP) is 6.82. The van der Waals surface area contributed by atoms with E-state index in [9.17, 15) is 24.5 Å². The fourth-order valence-corrected chi connectivity index (χ4v) is 5.12. The minimum absolute atomic E-state index is 0.0443. The molecule has 0 spiro atoms. The van der Waals surface area contributed by atoms with Gasteiger partial charge in [-0.05, 0) is 66.9 Å². The van der Waals surface area contributed by atoms with Gasteiger partial charge in [-0.3, -0.25) is 24.5 Å². The molecule has 43 heavy (non-hydrogen) atoms. The Bertz CT molecular complexity index is 1660. The molecule has 10 heteroatoms. The van der Waals surface area contributed by atoms with E-state index in [1.807, 2.05) is 43.3 Å². The third-order valence-electron chi connectivity index (χ3n) is 6.35. The molecule has 1 unspecified atom stereocenters. The number of benzene rings is 4. The van der Waals surface area contributed by atoms with Crippen LogP contribution >= 0.6 is 11.8 Å². The van der Waals surface area contributed by atoms with Gasteiger partial charge in [0.05, 0.1) is 10.2 Å². The molecule has 0 fully saturated rings. The Morgan fingerprint density at radius 1 is 0.884 bits per heavy atom. The van der Waals surface area contributed by atoms with Crippen LogP contribution in [-0.2, 0) is 9.59 Å². The Morgan fingerprint density at radius 2 is 1.58 bits per heavy atom. The summed E-state index contributed by atoms with van der Waals surface area (Å²) < 4.78 is 0. The van der Waals surface area contributed by atoms with E-state index in [1.165, 1.54) is 30.0 Å². The van der Waals surface area contributed by atoms with Gasteiger partial charge >= 0.3 is 0 Å². The first-order valence-corrected chi connectivity index (χ1v) is 14.4. The predicted molar refractivity (Wildman–Crippen MR) is 170 cm³/mol. The van der Waals surface area contributed by atoms with Gasteiger partial charge in [-0.25, -0.2) is 0 Å². The number of anilines is 2. The second-order valence-electron chi connectivity index (χ2n) is 9.53. The number of carbonyl (C=O) groups is 3. The van der Waals surface area contributed by atoms with Gasteiger partial charge < -0.3 is 16.0 Å². The summed E-state index contributed by atoms with van der Waals surface area (Å²) in [5.41, 5.74) is 2.77. The topological polar surface area (TPSA) is 130 Å². The first kappa shape index (κ1) is 30.7. The van der Waals surface area contributed by atoms with Crippen LogP contribution in [0.2, 0.25) is 0 Å². The van der Waals surface area contributed by atoms with Crippen LogP contribution in [0, 0.1) is 17.0 Å². The number of hydrogen-bond donors (Lipinski definition) is 3. The fraction of sp³-hybridized carbons (Fsp3) is 0.121. The third-order valence-corrected chi connectivity index (χ3v) is 7.71. The summed E-state index contributed by atoms with van der Waals surface area (Å²) in [6, 6.07) is 29.2. The van der Waals surface area contributed by atoms with E-state index in [1.54, 1.807) is 61.5 Å². The maximum absolute atomic E-state index is 13.4. The molecule has 0 saturated carbocycles. The van der Waals surface area contributed by atoms with Gasteiger partial charge in [-0.1, -0.05) is 61.5 Å². The van der Waals surface area contributed by atoms with E-state index in [0.717, 1.165) is 10.5 Å². The van der Waals surface area contributed by atoms with Crippen molar-refractivity contribution >= 4 is 52.6 Å². The van der Waals surface area contributed by atoms with Gasteiger partial charge in [0.1, 0.15) is 5.70 Å². The standard InChI is InChI=1S/C33H30N4O5S/c1-3-30(33(40)35-28-18-17-26(37(41)42)19-22(28)2)43-27-16-10-15-25(21-27)34-32(39)29(20-23-11-6-4-7-12-23)36-31(38)24-13-8-5-9-14-24/h4-21,30H,3H2,1-2H3,(H,34,39)(H,35,40)(H,36,38)/b29-20-. The highest BCUT2D eigenvalue weighted by Gasteiger charge is 2.20. The van der Waals surface area contributed by atoms with Crippen molar-refractivity contribution in [2.24, 2.45) is 0 Å². The lowest BCUT2D eigenvalue weighted by Crippen LogP contribution is -2.30. The Kier molecular flexibility index (Phi) is 10.4. The monoisotopic (exact) mass is 594 g/mol. The largest absolute Gasteiger partial charge is 0.325 e. The van der Waals surface area contributed by atoms with Crippen molar-refractivity contribution in [2.75, 3.05) is 10.6 Å². The summed E-state index contributed by atoms with van der Waals surface area (Å²) in [6.07, 6.45) is 2.13. The lowest BCUT2D eigenvalue weighted by atomic mass is 10.1. The molecule has 218 valence electrons. The molecule has 0 heterocycles. The number of nitrogens with zero attached hydrogens (tertiary/aromatic N) is 1. The molecule has 0 aliphatic carbocycles. The van der Waals surface area contributed by atoms with Crippen LogP contribution in [0.1, 0.15) is 34.8 Å². The smallest absolute Gasteiger partial charge is 0.272 e. The summed E-state index contributed by atoms with van der Waals surface area (Å²) in [7, 11) is 0. The first-order valence-electron chi connectivity index (χ1n) is 13.5. The van der Waals surface area contributed by atoms with Crippen molar-refractivity contribution in [2.45, 2.75) is 30.4 Å². The molecule has 0 bridgehead atoms. The highest BCUT2D eigenvalue weighted by molar-refractivity contribution is 8.00. The van der Waals surface area contributed by atoms with Crippen LogP contribution in [-0.4, -0.2) is 27.9 Å². The highest BCUT2D eigenvalue weighted by Crippen LogP contribution is 2.30. The zero-order valence-electron chi connectivity index (χ0n) is 23.6. The molecule has 1 atom stereocenters. The molecule has 3 amide bonds. The minimum Gasteiger partial charge on any atom is -0.325 e. The number of nitrogens with one attached hydrogen (secondary N) is 3. The van der Waals surface area contributed by atoms with E-state index < -0.39 is 22.0 Å². The second-order valence-corrected chi connectivity index (χ2v) is 10.8. The van der Waals surface area contributed by atoms with Gasteiger partial charge in [-0.15, -0.1) is 11.8 Å². The highest BCUT2D eigenvalue weighted by atomic mass is 32.2. The quantitative estimate of drug-likeness (QED) is 0.0756. The number of thioether (sulfide) groups is 1. The van der Waals surface area contributed by atoms with Crippen LogP contribution in [0.4, 0.5) is 17.1 Å². The molecule has 0 radical (unpaired) electrons. The Hall–Kier alpha value is -5.22. The summed E-state index contributed by atoms with van der Waals surface area (Å²) in [5.74, 6) is -1.16. The first-order chi connectivity index (χ1) is 20.7. The number of amides is 3. The molecule has 0 aliphatic rings. The van der Waals surface area contributed by atoms with E-state index >= 15 is 0 Å². The SMILES string of the molecule is CCC(Sc1cccc(NC(=O)/C(=C/c2ccccc2)NC(=O)c2ccccc2)c1)C(=O)Nc1ccc([N+](=O)[O-])cc1C. The number of non-ortho nitro benzene ring substituents is 1. The van der Waals surface area contributed by atoms with Crippen molar-refractivity contribution in [3.63, 3.8) is 0 Å². The van der Waals surface area contributed by atoms with Crippen LogP contribution in [0.25, 0.3) is 6.08 Å². The average Bonchev–Trinajstić information content (AvgIpc) is 3.01. The summed E-state index contributed by atoms with van der Waals surface area (Å²) in [6.45, 7) is 3.59. The van der Waals surface area contributed by atoms with Crippen LogP contribution in [0.15, 0.2) is 114 Å². The number of nitro benzene ring substituents is 1. The molecule has 0 aromatic heterocycles. The van der Waals surface area contributed by atoms with E-state index in [4.69, 9.17) is 0 Å². The molecule has 4 rings (SSSR count). The number of aryl methyl sites for hydroxylation is 1. The molecule has 4 aromatic carbocycles. The van der Waals surface area contributed by atoms with Gasteiger partial charge in [0, 0.05) is 34.0 Å². The molecule has 0 saturated heterocycles. The second kappa shape index (κ2) is 14.6. The number of rotatable bonds is 11. The maximum Gasteiger partial charge on any atom is 0.272 e. The molecule has 9 nitrogen and oxygen atoms in total. The van der Waals surface area contributed by atoms with Gasteiger partial charge in [0.2, 0.25) is 5.91 Å². The molecule has 4 aromatic rings. The summed E-state index contributed by atoms with van der Waals surface area (Å²) in [5, 5.41) is 19.0. The summed E-state index contributed by atoms with van der Waals surface area (Å²) >= 11 is 1.33. The van der Waals surface area contributed by atoms with Crippen molar-refractivity contribution in [1.29, 1.82) is 0 Å². The van der Waals surface area contributed by atoms with Crippen molar-refractivity contribution in [1.82, 2.24) is 5.32 Å². The zero-order valence-corrected chi connectivity index (χ0v) is 24.4. The zero-order chi connectivity index (χ0) is 30.8. The molecule has 0 aliphatic heterocycles. The Balaban J connectivity index is 1.48. The number of nitro groups is 1. The average molecular weight is 595 g/mol. The lowest BCUT2D eigenvalue weighted by Gasteiger charge is -2.17. The van der Waals surface area contributed by atoms with Crippen LogP contribution in [0.3, 0.4) is 0 Å². The summed E-state index contributed by atoms with van der Waals surface area (Å²) in [4.78, 5) is 50.6. The van der Waals surface area contributed by atoms with Crippen molar-refractivity contribution < 1.29 is 19.3 Å². The Morgan fingerprint density at radius 3 is 2.23 bits per heavy atom.